The predicted octanol–water partition coefficient (Wildman–Crippen LogP) is 2.32. The van der Waals surface area contributed by atoms with E-state index in [0.717, 1.165) is 31.6 Å². The molecule has 1 rings (SSSR count). The lowest BCUT2D eigenvalue weighted by Gasteiger charge is -2.22. The molecule has 0 spiro atoms. The molecular weight excluding hydrogens is 164 g/mol. The molecule has 0 aromatic heterocycles. The molecule has 0 unspecified atom stereocenters. The summed E-state index contributed by atoms with van der Waals surface area (Å²) < 4.78 is 0. The molecule has 0 amide bonds. The average Bonchev–Trinajstić information content (AvgIpc) is 1.88. The zero-order valence-electron chi connectivity index (χ0n) is 6.75. The van der Waals surface area contributed by atoms with Gasteiger partial charge in [-0.15, -0.1) is 12.4 Å². The summed E-state index contributed by atoms with van der Waals surface area (Å²) >= 11 is 0. The van der Waals surface area contributed by atoms with Gasteiger partial charge in [0.05, 0.1) is 5.92 Å². The minimum absolute atomic E-state index is 0. The highest BCUT2D eigenvalue weighted by Crippen LogP contribution is 2.27. The Bertz CT molecular complexity index is 128. The van der Waals surface area contributed by atoms with Crippen LogP contribution < -0.4 is 0 Å². The van der Waals surface area contributed by atoms with E-state index in [1.54, 1.807) is 0 Å². The molecule has 0 radical (unpaired) electrons. The van der Waals surface area contributed by atoms with E-state index in [9.17, 15) is 4.79 Å². The minimum Gasteiger partial charge on any atom is -0.481 e. The van der Waals surface area contributed by atoms with Crippen molar-refractivity contribution in [1.82, 2.24) is 0 Å². The number of carboxylic acid groups (broad SMARTS) is 1. The second-order valence-electron chi connectivity index (χ2n) is 3.30. The van der Waals surface area contributed by atoms with Crippen LogP contribution in [0.1, 0.15) is 32.6 Å². The van der Waals surface area contributed by atoms with Gasteiger partial charge in [-0.3, -0.25) is 4.79 Å². The van der Waals surface area contributed by atoms with Crippen molar-refractivity contribution in [3.63, 3.8) is 0 Å². The Hall–Kier alpha value is -0.240. The molecule has 2 nitrogen and oxygen atoms in total. The third-order valence-electron chi connectivity index (χ3n) is 2.37. The Morgan fingerprint density at radius 2 is 1.73 bits per heavy atom. The molecule has 1 saturated carbocycles. The molecule has 1 N–H and O–H groups in total. The van der Waals surface area contributed by atoms with Gasteiger partial charge in [-0.2, -0.15) is 0 Å². The SMILES string of the molecule is CC1CCC(C(=O)O)CC1.Cl. The van der Waals surface area contributed by atoms with Crippen molar-refractivity contribution in [1.29, 1.82) is 0 Å². The smallest absolute Gasteiger partial charge is 0.306 e. The summed E-state index contributed by atoms with van der Waals surface area (Å²) in [6, 6.07) is 0. The molecule has 0 heterocycles. The summed E-state index contributed by atoms with van der Waals surface area (Å²) in [5, 5.41) is 8.62. The highest BCUT2D eigenvalue weighted by molar-refractivity contribution is 5.85. The molecule has 0 aliphatic heterocycles. The summed E-state index contributed by atoms with van der Waals surface area (Å²) in [4.78, 5) is 10.5. The van der Waals surface area contributed by atoms with Crippen molar-refractivity contribution in [3.8, 4) is 0 Å². The van der Waals surface area contributed by atoms with Crippen LogP contribution in [-0.2, 0) is 4.79 Å². The highest BCUT2D eigenvalue weighted by Gasteiger charge is 2.23. The van der Waals surface area contributed by atoms with Gasteiger partial charge in [0, 0.05) is 0 Å². The van der Waals surface area contributed by atoms with Crippen molar-refractivity contribution in [2.24, 2.45) is 11.8 Å². The number of aliphatic carboxylic acids is 1. The van der Waals surface area contributed by atoms with E-state index >= 15 is 0 Å². The Morgan fingerprint density at radius 1 is 1.27 bits per heavy atom. The van der Waals surface area contributed by atoms with Crippen LogP contribution in [0, 0.1) is 11.8 Å². The van der Waals surface area contributed by atoms with Crippen LogP contribution in [0.25, 0.3) is 0 Å². The largest absolute Gasteiger partial charge is 0.481 e. The van der Waals surface area contributed by atoms with Gasteiger partial charge in [0.25, 0.3) is 0 Å². The first-order valence-corrected chi connectivity index (χ1v) is 3.93. The van der Waals surface area contributed by atoms with Gasteiger partial charge in [0.15, 0.2) is 0 Å². The molecule has 0 aromatic carbocycles. The fourth-order valence-electron chi connectivity index (χ4n) is 1.51. The van der Waals surface area contributed by atoms with Gasteiger partial charge in [0.2, 0.25) is 0 Å². The van der Waals surface area contributed by atoms with Crippen LogP contribution >= 0.6 is 12.4 Å². The topological polar surface area (TPSA) is 37.3 Å². The second kappa shape index (κ2) is 4.60. The van der Waals surface area contributed by atoms with Crippen LogP contribution in [-0.4, -0.2) is 11.1 Å². The Labute approximate surface area is 73.4 Å². The number of carbonyl (C=O) groups is 1. The molecule has 0 bridgehead atoms. The van der Waals surface area contributed by atoms with E-state index < -0.39 is 5.97 Å². The molecule has 0 atom stereocenters. The third kappa shape index (κ3) is 3.10. The average molecular weight is 179 g/mol. The van der Waals surface area contributed by atoms with E-state index in [4.69, 9.17) is 5.11 Å². The monoisotopic (exact) mass is 178 g/mol. The van der Waals surface area contributed by atoms with Gasteiger partial charge in [0.1, 0.15) is 0 Å². The standard InChI is InChI=1S/C8H14O2.ClH/c1-6-2-4-7(5-3-6)8(9)10;/h6-7H,2-5H2,1H3,(H,9,10);1H. The molecule has 11 heavy (non-hydrogen) atoms. The molecule has 1 fully saturated rings. The van der Waals surface area contributed by atoms with Gasteiger partial charge in [-0.05, 0) is 31.6 Å². The number of hydrogen-bond acceptors (Lipinski definition) is 1. The predicted molar refractivity (Wildman–Crippen MR) is 46.0 cm³/mol. The van der Waals surface area contributed by atoms with Crippen LogP contribution in [0.5, 0.6) is 0 Å². The fourth-order valence-corrected chi connectivity index (χ4v) is 1.51. The zero-order valence-corrected chi connectivity index (χ0v) is 7.56. The Kier molecular flexibility index (Phi) is 4.50. The quantitative estimate of drug-likeness (QED) is 0.669. The molecule has 0 saturated heterocycles. The lowest BCUT2D eigenvalue weighted by Crippen LogP contribution is -2.19. The molecule has 66 valence electrons. The number of hydrogen-bond donors (Lipinski definition) is 1. The van der Waals surface area contributed by atoms with Gasteiger partial charge >= 0.3 is 5.97 Å². The van der Waals surface area contributed by atoms with Crippen molar-refractivity contribution < 1.29 is 9.90 Å². The van der Waals surface area contributed by atoms with Crippen molar-refractivity contribution in [2.45, 2.75) is 32.6 Å². The van der Waals surface area contributed by atoms with E-state index in [0.29, 0.717) is 0 Å². The Balaban J connectivity index is 0.000001000. The molecule has 0 aromatic rings. The lowest BCUT2D eigenvalue weighted by molar-refractivity contribution is -0.143. The first-order valence-electron chi connectivity index (χ1n) is 3.93. The van der Waals surface area contributed by atoms with Gasteiger partial charge < -0.3 is 5.11 Å². The maximum absolute atomic E-state index is 10.5. The number of carboxylic acids is 1. The van der Waals surface area contributed by atoms with E-state index in [1.807, 2.05) is 0 Å². The molecule has 3 heteroatoms. The number of rotatable bonds is 1. The van der Waals surface area contributed by atoms with Crippen LogP contribution in [0.3, 0.4) is 0 Å². The third-order valence-corrected chi connectivity index (χ3v) is 2.37. The lowest BCUT2D eigenvalue weighted by atomic mass is 9.83. The van der Waals surface area contributed by atoms with E-state index in [1.165, 1.54) is 0 Å². The van der Waals surface area contributed by atoms with E-state index in [2.05, 4.69) is 6.92 Å². The van der Waals surface area contributed by atoms with Crippen LogP contribution in [0.15, 0.2) is 0 Å². The van der Waals surface area contributed by atoms with Gasteiger partial charge in [-0.25, -0.2) is 0 Å². The second-order valence-corrected chi connectivity index (χ2v) is 3.30. The molecule has 1 aliphatic carbocycles. The maximum atomic E-state index is 10.5. The summed E-state index contributed by atoms with van der Waals surface area (Å²) in [7, 11) is 0. The van der Waals surface area contributed by atoms with Crippen LogP contribution in [0.4, 0.5) is 0 Å². The van der Waals surface area contributed by atoms with Crippen LogP contribution in [0.2, 0.25) is 0 Å². The van der Waals surface area contributed by atoms with Gasteiger partial charge in [-0.1, -0.05) is 6.92 Å². The van der Waals surface area contributed by atoms with E-state index in [-0.39, 0.29) is 18.3 Å². The first-order chi connectivity index (χ1) is 4.70. The fraction of sp³-hybridized carbons (Fsp3) is 0.875. The summed E-state index contributed by atoms with van der Waals surface area (Å²) in [6.45, 7) is 2.19. The number of halogens is 1. The Morgan fingerprint density at radius 3 is 2.09 bits per heavy atom. The summed E-state index contributed by atoms with van der Waals surface area (Å²) in [5.41, 5.74) is 0. The van der Waals surface area contributed by atoms with Crippen molar-refractivity contribution >= 4 is 18.4 Å². The van der Waals surface area contributed by atoms with Crippen molar-refractivity contribution in [2.75, 3.05) is 0 Å². The molecular formula is C8H15ClO2. The maximum Gasteiger partial charge on any atom is 0.306 e. The zero-order chi connectivity index (χ0) is 7.56. The van der Waals surface area contributed by atoms with Crippen molar-refractivity contribution in [3.05, 3.63) is 0 Å². The summed E-state index contributed by atoms with van der Waals surface area (Å²) in [5.74, 6) is 0.0960. The normalized spacial score (nSPS) is 30.6. The minimum atomic E-state index is -0.605. The summed E-state index contributed by atoms with van der Waals surface area (Å²) in [6.07, 6.45) is 3.96. The highest BCUT2D eigenvalue weighted by atomic mass is 35.5. The first kappa shape index (κ1) is 10.8. The molecule has 1 aliphatic rings.